The van der Waals surface area contributed by atoms with E-state index < -0.39 is 0 Å². The summed E-state index contributed by atoms with van der Waals surface area (Å²) in [6.45, 7) is 4.75. The van der Waals surface area contributed by atoms with Crippen LogP contribution in [0.25, 0.3) is 0 Å². The molecular formula is C15H15Br2FN2. The molecule has 0 aliphatic carbocycles. The van der Waals surface area contributed by atoms with Crippen molar-refractivity contribution in [2.24, 2.45) is 0 Å². The molecule has 2 nitrogen and oxygen atoms in total. The Hall–Kier alpha value is -0.780. The lowest BCUT2D eigenvalue weighted by Gasteiger charge is -2.21. The van der Waals surface area contributed by atoms with Crippen LogP contribution in [0.2, 0.25) is 0 Å². The van der Waals surface area contributed by atoms with E-state index in [9.17, 15) is 4.39 Å². The summed E-state index contributed by atoms with van der Waals surface area (Å²) in [6.07, 6.45) is 1.77. The van der Waals surface area contributed by atoms with Gasteiger partial charge in [0.2, 0.25) is 0 Å². The molecule has 2 aromatic rings. The van der Waals surface area contributed by atoms with Gasteiger partial charge in [-0.05, 0) is 74.7 Å². The molecule has 0 radical (unpaired) electrons. The van der Waals surface area contributed by atoms with Crippen molar-refractivity contribution in [3.63, 3.8) is 0 Å². The third-order valence-electron chi connectivity index (χ3n) is 3.06. The zero-order valence-electron chi connectivity index (χ0n) is 11.3. The Morgan fingerprint density at radius 2 is 2.05 bits per heavy atom. The molecule has 1 unspecified atom stereocenters. The maximum Gasteiger partial charge on any atom is 0.123 e. The van der Waals surface area contributed by atoms with Crippen LogP contribution in [0.4, 0.5) is 4.39 Å². The minimum atomic E-state index is -0.218. The van der Waals surface area contributed by atoms with E-state index in [4.69, 9.17) is 0 Å². The normalized spacial score (nSPS) is 12.4. The molecule has 1 heterocycles. The van der Waals surface area contributed by atoms with Gasteiger partial charge in [-0.25, -0.2) is 4.39 Å². The van der Waals surface area contributed by atoms with E-state index in [1.165, 1.54) is 6.07 Å². The topological polar surface area (TPSA) is 24.9 Å². The molecule has 20 heavy (non-hydrogen) atoms. The second kappa shape index (κ2) is 6.78. The van der Waals surface area contributed by atoms with Crippen LogP contribution < -0.4 is 5.32 Å². The second-order valence-electron chi connectivity index (χ2n) is 4.51. The fourth-order valence-corrected chi connectivity index (χ4v) is 3.38. The molecule has 0 spiro atoms. The monoisotopic (exact) mass is 400 g/mol. The van der Waals surface area contributed by atoms with E-state index in [1.54, 1.807) is 12.3 Å². The first-order chi connectivity index (χ1) is 9.52. The van der Waals surface area contributed by atoms with Gasteiger partial charge in [-0.3, -0.25) is 4.98 Å². The maximum atomic E-state index is 13.3. The van der Waals surface area contributed by atoms with Crippen molar-refractivity contribution in [1.82, 2.24) is 10.3 Å². The van der Waals surface area contributed by atoms with Crippen LogP contribution in [0, 0.1) is 12.7 Å². The van der Waals surface area contributed by atoms with Gasteiger partial charge in [0.15, 0.2) is 0 Å². The average Bonchev–Trinajstić information content (AvgIpc) is 2.37. The Morgan fingerprint density at radius 3 is 2.65 bits per heavy atom. The number of pyridine rings is 1. The summed E-state index contributed by atoms with van der Waals surface area (Å²) in [6, 6.07) is 6.74. The van der Waals surface area contributed by atoms with E-state index >= 15 is 0 Å². The molecule has 0 amide bonds. The third kappa shape index (κ3) is 3.45. The number of aromatic nitrogens is 1. The first-order valence-electron chi connectivity index (χ1n) is 6.33. The lowest BCUT2D eigenvalue weighted by molar-refractivity contribution is 0.599. The molecule has 0 fully saturated rings. The predicted octanol–water partition coefficient (Wildman–Crippen LogP) is 4.75. The fraction of sp³-hybridized carbons (Fsp3) is 0.267. The minimum absolute atomic E-state index is 0.0666. The molecule has 1 atom stereocenters. The van der Waals surface area contributed by atoms with Crippen molar-refractivity contribution in [3.8, 4) is 0 Å². The Kier molecular flexibility index (Phi) is 5.29. The molecule has 0 aliphatic rings. The van der Waals surface area contributed by atoms with E-state index in [1.807, 2.05) is 26.0 Å². The van der Waals surface area contributed by atoms with Gasteiger partial charge in [0.05, 0.1) is 11.7 Å². The number of aryl methyl sites for hydroxylation is 1. The molecule has 5 heteroatoms. The molecular weight excluding hydrogens is 387 g/mol. The van der Waals surface area contributed by atoms with Crippen LogP contribution in [-0.2, 0) is 0 Å². The highest BCUT2D eigenvalue weighted by atomic mass is 79.9. The van der Waals surface area contributed by atoms with Crippen LogP contribution in [0.3, 0.4) is 0 Å². The van der Waals surface area contributed by atoms with E-state index in [-0.39, 0.29) is 11.9 Å². The summed E-state index contributed by atoms with van der Waals surface area (Å²) < 4.78 is 15.1. The van der Waals surface area contributed by atoms with E-state index in [0.29, 0.717) is 0 Å². The Labute approximate surface area is 135 Å². The van der Waals surface area contributed by atoms with E-state index in [2.05, 4.69) is 42.2 Å². The number of hydrogen-bond donors (Lipinski definition) is 1. The Bertz CT molecular complexity index is 565. The fourth-order valence-electron chi connectivity index (χ4n) is 2.16. The summed E-state index contributed by atoms with van der Waals surface area (Å²) in [5.74, 6) is -0.218. The van der Waals surface area contributed by atoms with Crippen molar-refractivity contribution >= 4 is 31.9 Å². The number of halogens is 3. The molecule has 2 rings (SSSR count). The zero-order chi connectivity index (χ0) is 14.7. The molecule has 0 saturated carbocycles. The molecule has 1 aromatic heterocycles. The number of nitrogens with one attached hydrogen (secondary N) is 1. The summed E-state index contributed by atoms with van der Waals surface area (Å²) >= 11 is 6.95. The smallest absolute Gasteiger partial charge is 0.123 e. The van der Waals surface area contributed by atoms with Crippen molar-refractivity contribution in [2.75, 3.05) is 6.54 Å². The Balaban J connectivity index is 2.50. The average molecular weight is 402 g/mol. The highest BCUT2D eigenvalue weighted by Crippen LogP contribution is 2.30. The quantitative estimate of drug-likeness (QED) is 0.799. The van der Waals surface area contributed by atoms with Gasteiger partial charge in [0.25, 0.3) is 0 Å². The zero-order valence-corrected chi connectivity index (χ0v) is 14.4. The summed E-state index contributed by atoms with van der Waals surface area (Å²) in [7, 11) is 0. The second-order valence-corrected chi connectivity index (χ2v) is 6.28. The lowest BCUT2D eigenvalue weighted by atomic mass is 9.98. The van der Waals surface area contributed by atoms with E-state index in [0.717, 1.165) is 32.3 Å². The van der Waals surface area contributed by atoms with Crippen LogP contribution in [-0.4, -0.2) is 11.5 Å². The van der Waals surface area contributed by atoms with Crippen molar-refractivity contribution in [3.05, 3.63) is 62.0 Å². The summed E-state index contributed by atoms with van der Waals surface area (Å²) in [5.41, 5.74) is 2.83. The highest BCUT2D eigenvalue weighted by Gasteiger charge is 2.19. The maximum absolute atomic E-state index is 13.3. The lowest BCUT2D eigenvalue weighted by Crippen LogP contribution is -2.24. The van der Waals surface area contributed by atoms with Gasteiger partial charge in [0.1, 0.15) is 5.82 Å². The number of hydrogen-bond acceptors (Lipinski definition) is 2. The SMILES string of the molecule is CCNC(c1ccc(F)cc1C)c1ncc(Br)cc1Br. The molecule has 0 bridgehead atoms. The molecule has 1 aromatic carbocycles. The first kappa shape index (κ1) is 15.6. The third-order valence-corrected chi connectivity index (χ3v) is 4.13. The number of benzene rings is 1. The number of nitrogens with zero attached hydrogens (tertiary/aromatic N) is 1. The van der Waals surface area contributed by atoms with Gasteiger partial charge >= 0.3 is 0 Å². The van der Waals surface area contributed by atoms with Crippen LogP contribution in [0.5, 0.6) is 0 Å². The van der Waals surface area contributed by atoms with Gasteiger partial charge < -0.3 is 5.32 Å². The largest absolute Gasteiger partial charge is 0.305 e. The van der Waals surface area contributed by atoms with Gasteiger partial charge in [0, 0.05) is 15.1 Å². The van der Waals surface area contributed by atoms with Crippen molar-refractivity contribution < 1.29 is 4.39 Å². The van der Waals surface area contributed by atoms with Crippen molar-refractivity contribution in [2.45, 2.75) is 19.9 Å². The Morgan fingerprint density at radius 1 is 1.30 bits per heavy atom. The number of rotatable bonds is 4. The van der Waals surface area contributed by atoms with Crippen LogP contribution >= 0.6 is 31.9 Å². The summed E-state index contributed by atoms with van der Waals surface area (Å²) in [4.78, 5) is 4.49. The van der Waals surface area contributed by atoms with Gasteiger partial charge in [-0.1, -0.05) is 13.0 Å². The van der Waals surface area contributed by atoms with Crippen molar-refractivity contribution in [1.29, 1.82) is 0 Å². The van der Waals surface area contributed by atoms with Crippen LogP contribution in [0.1, 0.15) is 29.8 Å². The minimum Gasteiger partial charge on any atom is -0.305 e. The highest BCUT2D eigenvalue weighted by molar-refractivity contribution is 9.11. The molecule has 1 N–H and O–H groups in total. The standard InChI is InChI=1S/C15H15Br2FN2/c1-3-19-14(12-5-4-11(18)6-9(12)2)15-13(17)7-10(16)8-20-15/h4-8,14,19H,3H2,1-2H3. The summed E-state index contributed by atoms with van der Waals surface area (Å²) in [5, 5.41) is 3.41. The van der Waals surface area contributed by atoms with Gasteiger partial charge in [-0.15, -0.1) is 0 Å². The predicted molar refractivity (Wildman–Crippen MR) is 86.3 cm³/mol. The first-order valence-corrected chi connectivity index (χ1v) is 7.92. The molecule has 106 valence electrons. The molecule has 0 saturated heterocycles. The van der Waals surface area contributed by atoms with Crippen LogP contribution in [0.15, 0.2) is 39.4 Å². The van der Waals surface area contributed by atoms with Gasteiger partial charge in [-0.2, -0.15) is 0 Å². The molecule has 0 aliphatic heterocycles.